The minimum absolute atomic E-state index is 0.0487. The third kappa shape index (κ3) is 5.75. The van der Waals surface area contributed by atoms with Crippen molar-refractivity contribution in [2.24, 2.45) is 0 Å². The first-order chi connectivity index (χ1) is 20.8. The number of nitrogens with zero attached hydrogens (tertiary/aromatic N) is 5. The fourth-order valence-corrected chi connectivity index (χ4v) is 4.80. The number of rotatable bonds is 9. The summed E-state index contributed by atoms with van der Waals surface area (Å²) in [6, 6.07) is 13.7. The van der Waals surface area contributed by atoms with Crippen LogP contribution in [-0.2, 0) is 24.3 Å². The van der Waals surface area contributed by atoms with Gasteiger partial charge in [-0.25, -0.2) is 27.9 Å². The van der Waals surface area contributed by atoms with Gasteiger partial charge in [0, 0.05) is 30.4 Å². The number of carbonyl (C=O) groups is 1. The lowest BCUT2D eigenvalue weighted by Crippen LogP contribution is -2.31. The third-order valence-electron chi connectivity index (χ3n) is 7.19. The zero-order valence-electron chi connectivity index (χ0n) is 22.4. The van der Waals surface area contributed by atoms with Crippen molar-refractivity contribution in [2.75, 3.05) is 6.61 Å². The summed E-state index contributed by atoms with van der Waals surface area (Å²) in [5.74, 6) is -2.71. The van der Waals surface area contributed by atoms with Crippen molar-refractivity contribution in [1.29, 1.82) is 5.26 Å². The number of aromatic nitrogens is 4. The summed E-state index contributed by atoms with van der Waals surface area (Å²) in [6.45, 7) is 0.779. The Kier molecular flexibility index (Phi) is 7.48. The van der Waals surface area contributed by atoms with Gasteiger partial charge in [-0.3, -0.25) is 0 Å². The summed E-state index contributed by atoms with van der Waals surface area (Å²) in [7, 11) is 0. The van der Waals surface area contributed by atoms with E-state index in [1.807, 2.05) is 6.07 Å². The number of nitriles is 1. The lowest BCUT2D eigenvalue weighted by atomic mass is 10.0. The molecule has 1 aliphatic rings. The van der Waals surface area contributed by atoms with Gasteiger partial charge in [-0.1, -0.05) is 6.07 Å². The number of aromatic carboxylic acids is 1. The highest BCUT2D eigenvalue weighted by atomic mass is 19.1. The van der Waals surface area contributed by atoms with Gasteiger partial charge in [-0.2, -0.15) is 10.2 Å². The Morgan fingerprint density at radius 1 is 1.05 bits per heavy atom. The average molecular weight is 586 g/mol. The van der Waals surface area contributed by atoms with Crippen LogP contribution in [0.15, 0.2) is 60.8 Å². The Bertz CT molecular complexity index is 1920. The van der Waals surface area contributed by atoms with Crippen LogP contribution in [0.4, 0.5) is 13.2 Å². The van der Waals surface area contributed by atoms with Crippen LogP contribution in [0.1, 0.15) is 39.3 Å². The molecule has 1 atom stereocenters. The fraction of sp³-hybridized carbons (Fsp3) is 0.194. The quantitative estimate of drug-likeness (QED) is 0.243. The molecule has 216 valence electrons. The molecule has 0 spiro atoms. The van der Waals surface area contributed by atoms with E-state index < -0.39 is 23.4 Å². The number of fused-ring (bicyclic) bond motifs is 1. The minimum atomic E-state index is -1.08. The predicted octanol–water partition coefficient (Wildman–Crippen LogP) is 5.44. The molecule has 0 aliphatic carbocycles. The Morgan fingerprint density at radius 3 is 2.58 bits per heavy atom. The Balaban J connectivity index is 1.26. The first-order valence-corrected chi connectivity index (χ1v) is 13.3. The Labute approximate surface area is 242 Å². The number of hydrogen-bond acceptors (Lipinski definition) is 7. The summed E-state index contributed by atoms with van der Waals surface area (Å²) < 4.78 is 57.8. The first-order valence-electron chi connectivity index (χ1n) is 13.3. The molecule has 3 aromatic carbocycles. The summed E-state index contributed by atoms with van der Waals surface area (Å²) >= 11 is 0. The van der Waals surface area contributed by atoms with Crippen LogP contribution in [0.25, 0.3) is 22.3 Å². The summed E-state index contributed by atoms with van der Waals surface area (Å²) in [5.41, 5.74) is 1.51. The smallest absolute Gasteiger partial charge is 0.335 e. The highest BCUT2D eigenvalue weighted by molar-refractivity contribution is 5.92. The van der Waals surface area contributed by atoms with Crippen molar-refractivity contribution in [3.63, 3.8) is 0 Å². The molecule has 1 N–H and O–H groups in total. The van der Waals surface area contributed by atoms with Gasteiger partial charge >= 0.3 is 12.0 Å². The number of benzene rings is 3. The maximum atomic E-state index is 15.4. The molecule has 1 fully saturated rings. The van der Waals surface area contributed by atoms with E-state index >= 15 is 8.78 Å². The number of ether oxygens (including phenoxy) is 2. The summed E-state index contributed by atoms with van der Waals surface area (Å²) in [4.78, 5) is 24.3. The van der Waals surface area contributed by atoms with Crippen molar-refractivity contribution < 1.29 is 32.5 Å². The van der Waals surface area contributed by atoms with E-state index in [4.69, 9.17) is 14.7 Å². The topological polar surface area (TPSA) is 123 Å². The van der Waals surface area contributed by atoms with Gasteiger partial charge in [0.15, 0.2) is 0 Å². The van der Waals surface area contributed by atoms with Gasteiger partial charge in [-0.15, -0.1) is 0 Å². The van der Waals surface area contributed by atoms with E-state index in [1.165, 1.54) is 36.5 Å². The molecule has 0 radical (unpaired) electrons. The van der Waals surface area contributed by atoms with Crippen molar-refractivity contribution in [2.45, 2.75) is 32.1 Å². The van der Waals surface area contributed by atoms with Gasteiger partial charge in [-0.05, 0) is 60.5 Å². The number of carboxylic acid groups (broad SMARTS) is 1. The maximum Gasteiger partial charge on any atom is 0.335 e. The van der Waals surface area contributed by atoms with E-state index in [9.17, 15) is 14.3 Å². The van der Waals surface area contributed by atoms with Crippen LogP contribution in [0.2, 0.25) is 0 Å². The highest BCUT2D eigenvalue weighted by Crippen LogP contribution is 2.29. The van der Waals surface area contributed by atoms with Crippen LogP contribution in [0.3, 0.4) is 0 Å². The Hall–Kier alpha value is -5.28. The van der Waals surface area contributed by atoms with Gasteiger partial charge in [0.1, 0.15) is 29.9 Å². The minimum Gasteiger partial charge on any atom is -0.478 e. The maximum absolute atomic E-state index is 15.4. The van der Waals surface area contributed by atoms with Crippen LogP contribution in [0.5, 0.6) is 6.01 Å². The van der Waals surface area contributed by atoms with Crippen LogP contribution in [-0.4, -0.2) is 43.3 Å². The molecule has 1 aliphatic heterocycles. The molecular weight excluding hydrogens is 563 g/mol. The molecule has 0 amide bonds. The van der Waals surface area contributed by atoms with Crippen molar-refractivity contribution in [3.05, 3.63) is 106 Å². The van der Waals surface area contributed by atoms with Gasteiger partial charge in [0.05, 0.1) is 46.6 Å². The monoisotopic (exact) mass is 585 g/mol. The Morgan fingerprint density at radius 2 is 1.86 bits per heavy atom. The van der Waals surface area contributed by atoms with Gasteiger partial charge in [0.25, 0.3) is 0 Å². The van der Waals surface area contributed by atoms with Gasteiger partial charge < -0.3 is 19.1 Å². The van der Waals surface area contributed by atoms with E-state index in [0.717, 1.165) is 24.6 Å². The molecule has 2 aromatic heterocycles. The second kappa shape index (κ2) is 11.5. The van der Waals surface area contributed by atoms with E-state index in [0.29, 0.717) is 30.0 Å². The normalized spacial score (nSPS) is 14.3. The van der Waals surface area contributed by atoms with Crippen molar-refractivity contribution >= 4 is 17.0 Å². The van der Waals surface area contributed by atoms with E-state index in [-0.39, 0.29) is 58.7 Å². The van der Waals surface area contributed by atoms with E-state index in [1.54, 1.807) is 10.6 Å². The van der Waals surface area contributed by atoms with E-state index in [2.05, 4.69) is 15.0 Å². The van der Waals surface area contributed by atoms with Crippen LogP contribution in [0, 0.1) is 28.8 Å². The molecule has 0 saturated carbocycles. The SMILES string of the molecule is N#Cc1ccc(COc2nccc(-c3cc(F)c(Cc4nc5ccc(C(=O)O)cc5n4C[C@@H]4CCO4)cc3F)n2)c(F)c1. The lowest BCUT2D eigenvalue weighted by Gasteiger charge is -2.27. The fourth-order valence-electron chi connectivity index (χ4n) is 4.80. The average Bonchev–Trinajstić information content (AvgIpc) is 3.31. The molecular formula is C31H22F3N5O4. The number of carboxylic acids is 1. The molecule has 43 heavy (non-hydrogen) atoms. The molecule has 9 nitrogen and oxygen atoms in total. The molecule has 5 aromatic rings. The van der Waals surface area contributed by atoms with Crippen molar-refractivity contribution in [3.8, 4) is 23.3 Å². The predicted molar refractivity (Wildman–Crippen MR) is 147 cm³/mol. The zero-order valence-corrected chi connectivity index (χ0v) is 22.4. The molecule has 12 heteroatoms. The zero-order chi connectivity index (χ0) is 30.1. The largest absolute Gasteiger partial charge is 0.478 e. The van der Waals surface area contributed by atoms with Crippen molar-refractivity contribution in [1.82, 2.24) is 19.5 Å². The van der Waals surface area contributed by atoms with Crippen LogP contribution < -0.4 is 4.74 Å². The molecule has 0 bridgehead atoms. The second-order valence-electron chi connectivity index (χ2n) is 9.96. The first kappa shape index (κ1) is 27.9. The highest BCUT2D eigenvalue weighted by Gasteiger charge is 2.24. The summed E-state index contributed by atoms with van der Waals surface area (Å²) in [5, 5.41) is 18.3. The number of imidazole rings is 1. The third-order valence-corrected chi connectivity index (χ3v) is 7.19. The number of hydrogen-bond donors (Lipinski definition) is 1. The molecule has 6 rings (SSSR count). The van der Waals surface area contributed by atoms with Gasteiger partial charge in [0.2, 0.25) is 0 Å². The summed E-state index contributed by atoms with van der Waals surface area (Å²) in [6.07, 6.45) is 1.99. The number of halogens is 3. The van der Waals surface area contributed by atoms with Crippen LogP contribution >= 0.6 is 0 Å². The standard InChI is InChI=1S/C31H22F3N5O4/c32-23-9-17(14-35)1-2-19(23)16-43-31-36-7-5-26(38-31)22-13-24(33)20(10-25(22)34)12-29-37-27-4-3-18(30(40)41)11-28(27)39(29)15-21-6-8-42-21/h1-5,7,9-11,13,21H,6,8,12,15-16H2,(H,40,41)/t21-/m0/s1. The molecule has 1 saturated heterocycles. The molecule has 3 heterocycles. The molecule has 0 unspecified atom stereocenters. The second-order valence-corrected chi connectivity index (χ2v) is 9.96. The lowest BCUT2D eigenvalue weighted by molar-refractivity contribution is -0.0589.